The molecule has 2 aromatic rings. The number of rotatable bonds is 11. The molecule has 0 fully saturated rings. The van der Waals surface area contributed by atoms with E-state index in [0.717, 1.165) is 6.42 Å². The lowest BCUT2D eigenvalue weighted by atomic mass is 10.0. The van der Waals surface area contributed by atoms with E-state index in [1.807, 2.05) is 38.1 Å². The molecular formula is C25H32Cl2N2O3. The van der Waals surface area contributed by atoms with Crippen molar-refractivity contribution < 1.29 is 14.3 Å². The van der Waals surface area contributed by atoms with Crippen molar-refractivity contribution in [3.63, 3.8) is 0 Å². The van der Waals surface area contributed by atoms with E-state index in [1.54, 1.807) is 18.2 Å². The van der Waals surface area contributed by atoms with Crippen molar-refractivity contribution in [3.05, 3.63) is 63.6 Å². The Morgan fingerprint density at radius 1 is 1.06 bits per heavy atom. The number of benzene rings is 2. The van der Waals surface area contributed by atoms with Gasteiger partial charge in [0.15, 0.2) is 6.61 Å². The van der Waals surface area contributed by atoms with Gasteiger partial charge in [0.05, 0.1) is 0 Å². The molecule has 2 amide bonds. The Balaban J connectivity index is 2.21. The molecule has 0 aliphatic heterocycles. The van der Waals surface area contributed by atoms with Crippen molar-refractivity contribution in [2.45, 2.75) is 59.0 Å². The van der Waals surface area contributed by atoms with Gasteiger partial charge in [0.1, 0.15) is 11.8 Å². The van der Waals surface area contributed by atoms with E-state index < -0.39 is 6.04 Å². The molecule has 0 bridgehead atoms. The van der Waals surface area contributed by atoms with Gasteiger partial charge in [0.25, 0.3) is 5.91 Å². The molecule has 174 valence electrons. The zero-order valence-electron chi connectivity index (χ0n) is 19.2. The first-order valence-electron chi connectivity index (χ1n) is 11.0. The van der Waals surface area contributed by atoms with Gasteiger partial charge in [-0.2, -0.15) is 0 Å². The molecule has 32 heavy (non-hydrogen) atoms. The van der Waals surface area contributed by atoms with Gasteiger partial charge in [0.2, 0.25) is 5.91 Å². The van der Waals surface area contributed by atoms with Crippen molar-refractivity contribution in [2.75, 3.05) is 13.2 Å². The van der Waals surface area contributed by atoms with E-state index in [2.05, 4.69) is 19.2 Å². The Morgan fingerprint density at radius 3 is 2.31 bits per heavy atom. The number of nitrogens with one attached hydrogen (secondary N) is 1. The first kappa shape index (κ1) is 26.0. The molecule has 1 atom stereocenters. The van der Waals surface area contributed by atoms with Crippen LogP contribution in [0.1, 0.15) is 57.6 Å². The molecule has 1 N–H and O–H groups in total. The van der Waals surface area contributed by atoms with E-state index in [0.29, 0.717) is 40.2 Å². The highest BCUT2D eigenvalue weighted by molar-refractivity contribution is 6.35. The molecule has 2 rings (SSSR count). The molecule has 0 aromatic heterocycles. The fourth-order valence-corrected chi connectivity index (χ4v) is 3.76. The molecule has 2 aromatic carbocycles. The lowest BCUT2D eigenvalue weighted by Gasteiger charge is -2.31. The van der Waals surface area contributed by atoms with Gasteiger partial charge in [-0.25, -0.2) is 0 Å². The molecule has 0 saturated heterocycles. The van der Waals surface area contributed by atoms with Crippen LogP contribution in [0, 0.1) is 0 Å². The van der Waals surface area contributed by atoms with Crippen molar-refractivity contribution in [3.8, 4) is 5.75 Å². The van der Waals surface area contributed by atoms with Crippen LogP contribution in [0.5, 0.6) is 5.75 Å². The summed E-state index contributed by atoms with van der Waals surface area (Å²) in [6, 6.07) is 12.2. The summed E-state index contributed by atoms with van der Waals surface area (Å²) in [4.78, 5) is 27.5. The molecular weight excluding hydrogens is 447 g/mol. The van der Waals surface area contributed by atoms with Gasteiger partial charge in [0, 0.05) is 23.1 Å². The molecule has 5 nitrogen and oxygen atoms in total. The summed E-state index contributed by atoms with van der Waals surface area (Å²) >= 11 is 12.4. The van der Waals surface area contributed by atoms with Gasteiger partial charge < -0.3 is 15.0 Å². The van der Waals surface area contributed by atoms with Crippen LogP contribution in [0.4, 0.5) is 0 Å². The standard InChI is InChI=1S/C25H32Cl2N2O3/c1-5-13-28-25(31)23(6-2)29(15-19-7-10-20(26)14-22(19)27)24(30)16-32-21-11-8-18(9-12-21)17(3)4/h7-12,14,17,23H,5-6,13,15-16H2,1-4H3,(H,28,31)/t23-/m0/s1. The first-order valence-corrected chi connectivity index (χ1v) is 11.8. The minimum Gasteiger partial charge on any atom is -0.484 e. The first-order chi connectivity index (χ1) is 15.3. The fourth-order valence-electron chi connectivity index (χ4n) is 3.30. The monoisotopic (exact) mass is 478 g/mol. The Bertz CT molecular complexity index is 901. The number of hydrogen-bond acceptors (Lipinski definition) is 3. The molecule has 0 saturated carbocycles. The maximum atomic E-state index is 13.2. The summed E-state index contributed by atoms with van der Waals surface area (Å²) in [7, 11) is 0. The number of nitrogens with zero attached hydrogens (tertiary/aromatic N) is 1. The molecule has 0 unspecified atom stereocenters. The smallest absolute Gasteiger partial charge is 0.261 e. The average Bonchev–Trinajstić information content (AvgIpc) is 2.77. The second kappa shape index (κ2) is 12.7. The quantitative estimate of drug-likeness (QED) is 0.441. The summed E-state index contributed by atoms with van der Waals surface area (Å²) < 4.78 is 5.75. The van der Waals surface area contributed by atoms with Gasteiger partial charge in [-0.05, 0) is 54.2 Å². The van der Waals surface area contributed by atoms with Crippen LogP contribution in [0.25, 0.3) is 0 Å². The minimum atomic E-state index is -0.632. The summed E-state index contributed by atoms with van der Waals surface area (Å²) in [6.07, 6.45) is 1.28. The number of carbonyl (C=O) groups is 2. The van der Waals surface area contributed by atoms with Crippen LogP contribution < -0.4 is 10.1 Å². The molecule has 0 spiro atoms. The predicted molar refractivity (Wildman–Crippen MR) is 130 cm³/mol. The Hall–Kier alpha value is -2.24. The molecule has 0 radical (unpaired) electrons. The highest BCUT2D eigenvalue weighted by Crippen LogP contribution is 2.24. The largest absolute Gasteiger partial charge is 0.484 e. The predicted octanol–water partition coefficient (Wildman–Crippen LogP) is 5.83. The number of hydrogen-bond donors (Lipinski definition) is 1. The third kappa shape index (κ3) is 7.42. The average molecular weight is 479 g/mol. The Labute approximate surface area is 201 Å². The van der Waals surface area contributed by atoms with Crippen molar-refractivity contribution >= 4 is 35.0 Å². The lowest BCUT2D eigenvalue weighted by Crippen LogP contribution is -2.50. The van der Waals surface area contributed by atoms with Crippen LogP contribution in [0.3, 0.4) is 0 Å². The van der Waals surface area contributed by atoms with Crippen molar-refractivity contribution in [2.24, 2.45) is 0 Å². The molecule has 0 aliphatic rings. The van der Waals surface area contributed by atoms with Crippen LogP contribution in [0.15, 0.2) is 42.5 Å². The van der Waals surface area contributed by atoms with Gasteiger partial charge in [-0.15, -0.1) is 0 Å². The van der Waals surface area contributed by atoms with Gasteiger partial charge in [-0.3, -0.25) is 9.59 Å². The highest BCUT2D eigenvalue weighted by Gasteiger charge is 2.29. The lowest BCUT2D eigenvalue weighted by molar-refractivity contribution is -0.143. The normalized spacial score (nSPS) is 11.8. The van der Waals surface area contributed by atoms with E-state index in [-0.39, 0.29) is 25.0 Å². The molecule has 0 aliphatic carbocycles. The maximum absolute atomic E-state index is 13.2. The number of carbonyl (C=O) groups excluding carboxylic acids is 2. The number of ether oxygens (including phenoxy) is 1. The van der Waals surface area contributed by atoms with Crippen molar-refractivity contribution in [1.82, 2.24) is 10.2 Å². The van der Waals surface area contributed by atoms with Gasteiger partial charge in [-0.1, -0.05) is 69.1 Å². The summed E-state index contributed by atoms with van der Waals surface area (Å²) in [5.74, 6) is 0.546. The Kier molecular flexibility index (Phi) is 10.3. The van der Waals surface area contributed by atoms with Crippen LogP contribution in [0.2, 0.25) is 10.0 Å². The summed E-state index contributed by atoms with van der Waals surface area (Å²) in [5.41, 5.74) is 1.91. The summed E-state index contributed by atoms with van der Waals surface area (Å²) in [5, 5.41) is 3.85. The molecule has 0 heterocycles. The second-order valence-electron chi connectivity index (χ2n) is 7.98. The number of halogens is 2. The topological polar surface area (TPSA) is 58.6 Å². The van der Waals surface area contributed by atoms with Crippen molar-refractivity contribution in [1.29, 1.82) is 0 Å². The third-order valence-electron chi connectivity index (χ3n) is 5.20. The highest BCUT2D eigenvalue weighted by atomic mass is 35.5. The zero-order valence-corrected chi connectivity index (χ0v) is 20.7. The number of amides is 2. The van der Waals surface area contributed by atoms with Crippen LogP contribution >= 0.6 is 23.2 Å². The Morgan fingerprint density at radius 2 is 1.75 bits per heavy atom. The summed E-state index contributed by atoms with van der Waals surface area (Å²) in [6.45, 7) is 8.66. The zero-order chi connectivity index (χ0) is 23.7. The molecule has 7 heteroatoms. The fraction of sp³-hybridized carbons (Fsp3) is 0.440. The second-order valence-corrected chi connectivity index (χ2v) is 8.83. The van der Waals surface area contributed by atoms with E-state index in [9.17, 15) is 9.59 Å². The van der Waals surface area contributed by atoms with E-state index in [1.165, 1.54) is 10.5 Å². The van der Waals surface area contributed by atoms with Crippen LogP contribution in [-0.2, 0) is 16.1 Å². The van der Waals surface area contributed by atoms with E-state index in [4.69, 9.17) is 27.9 Å². The third-order valence-corrected chi connectivity index (χ3v) is 5.79. The maximum Gasteiger partial charge on any atom is 0.261 e. The van der Waals surface area contributed by atoms with Gasteiger partial charge >= 0.3 is 0 Å². The van der Waals surface area contributed by atoms with E-state index >= 15 is 0 Å². The van der Waals surface area contributed by atoms with Crippen LogP contribution in [-0.4, -0.2) is 35.9 Å². The minimum absolute atomic E-state index is 0.177. The SMILES string of the molecule is CCCNC(=O)[C@H](CC)N(Cc1ccc(Cl)cc1Cl)C(=O)COc1ccc(C(C)C)cc1.